The van der Waals surface area contributed by atoms with Crippen molar-refractivity contribution in [1.82, 2.24) is 20.4 Å². The molecule has 2 N–H and O–H groups in total. The molecule has 0 aliphatic heterocycles. The fraction of sp³-hybridized carbons (Fsp3) is 0.333. The molecule has 0 unspecified atom stereocenters. The number of carbonyl (C=O) groups is 1. The molecular weight excluding hydrogens is 309 g/mol. The van der Waals surface area contributed by atoms with Crippen LogP contribution >= 0.6 is 0 Å². The summed E-state index contributed by atoms with van der Waals surface area (Å²) in [5.74, 6) is 0. The van der Waals surface area contributed by atoms with Gasteiger partial charge >= 0.3 is 12.2 Å². The van der Waals surface area contributed by atoms with E-state index in [1.54, 1.807) is 30.1 Å². The molecule has 0 atom stereocenters. The lowest BCUT2D eigenvalue weighted by Crippen LogP contribution is -2.37. The van der Waals surface area contributed by atoms with Gasteiger partial charge in [-0.05, 0) is 36.2 Å². The second kappa shape index (κ2) is 7.17. The molecule has 0 fully saturated rings. The molecule has 0 bridgehead atoms. The van der Waals surface area contributed by atoms with Crippen molar-refractivity contribution in [2.45, 2.75) is 26.2 Å². The Morgan fingerprint density at radius 3 is 2.70 bits per heavy atom. The lowest BCUT2D eigenvalue weighted by atomic mass is 10.0. The third-order valence-corrected chi connectivity index (χ3v) is 3.29. The van der Waals surface area contributed by atoms with Crippen LogP contribution in [0.15, 0.2) is 36.7 Å². The lowest BCUT2D eigenvalue weighted by Gasteiger charge is -2.12. The molecule has 0 spiro atoms. The van der Waals surface area contributed by atoms with Gasteiger partial charge in [0.1, 0.15) is 0 Å². The summed E-state index contributed by atoms with van der Waals surface area (Å²) in [6, 6.07) is 4.87. The first-order valence-electron chi connectivity index (χ1n) is 7.02. The van der Waals surface area contributed by atoms with E-state index >= 15 is 0 Å². The van der Waals surface area contributed by atoms with E-state index in [2.05, 4.69) is 15.7 Å². The second-order valence-corrected chi connectivity index (χ2v) is 5.02. The van der Waals surface area contributed by atoms with Gasteiger partial charge in [0.15, 0.2) is 0 Å². The number of alkyl halides is 3. The number of hydrogen-bond acceptors (Lipinski definition) is 2. The maximum atomic E-state index is 12.6. The Bertz CT molecular complexity index is 653. The number of hydrogen-bond donors (Lipinski definition) is 2. The van der Waals surface area contributed by atoms with E-state index in [9.17, 15) is 18.0 Å². The Morgan fingerprint density at radius 1 is 1.30 bits per heavy atom. The molecule has 0 radical (unpaired) electrons. The smallest absolute Gasteiger partial charge is 0.336 e. The number of nitrogens with one attached hydrogen (secondary N) is 2. The van der Waals surface area contributed by atoms with Crippen LogP contribution in [0.1, 0.15) is 16.7 Å². The molecule has 0 saturated carbocycles. The van der Waals surface area contributed by atoms with Gasteiger partial charge in [-0.1, -0.05) is 6.07 Å². The lowest BCUT2D eigenvalue weighted by molar-refractivity contribution is -0.137. The fourth-order valence-corrected chi connectivity index (χ4v) is 2.03. The van der Waals surface area contributed by atoms with Crippen LogP contribution < -0.4 is 10.6 Å². The Morgan fingerprint density at radius 2 is 2.09 bits per heavy atom. The van der Waals surface area contributed by atoms with Crippen LogP contribution in [0.4, 0.5) is 18.0 Å². The number of carbonyl (C=O) groups excluding carboxylic acids is 1. The monoisotopic (exact) mass is 326 g/mol. The molecule has 1 aromatic heterocycles. The predicted molar refractivity (Wildman–Crippen MR) is 78.6 cm³/mol. The molecule has 2 rings (SSSR count). The average molecular weight is 326 g/mol. The summed E-state index contributed by atoms with van der Waals surface area (Å²) in [5.41, 5.74) is 0.430. The van der Waals surface area contributed by atoms with Gasteiger partial charge in [-0.2, -0.15) is 18.3 Å². The summed E-state index contributed by atoms with van der Waals surface area (Å²) < 4.78 is 39.4. The van der Waals surface area contributed by atoms with E-state index in [1.165, 1.54) is 6.07 Å². The summed E-state index contributed by atoms with van der Waals surface area (Å²) in [7, 11) is 0. The SMILES string of the molecule is Cc1cc(C(F)(F)F)ccc1CNC(=O)NCCn1cccn1. The molecule has 0 saturated heterocycles. The largest absolute Gasteiger partial charge is 0.416 e. The number of amides is 2. The van der Waals surface area contributed by atoms with E-state index in [0.717, 1.165) is 12.1 Å². The highest BCUT2D eigenvalue weighted by Gasteiger charge is 2.30. The van der Waals surface area contributed by atoms with Crippen molar-refractivity contribution in [2.75, 3.05) is 6.54 Å². The molecule has 1 heterocycles. The minimum Gasteiger partial charge on any atom is -0.336 e. The van der Waals surface area contributed by atoms with Gasteiger partial charge < -0.3 is 10.6 Å². The van der Waals surface area contributed by atoms with E-state index in [0.29, 0.717) is 24.2 Å². The van der Waals surface area contributed by atoms with E-state index in [4.69, 9.17) is 0 Å². The molecule has 23 heavy (non-hydrogen) atoms. The van der Waals surface area contributed by atoms with E-state index in [1.807, 2.05) is 0 Å². The Kier molecular flexibility index (Phi) is 5.25. The number of aromatic nitrogens is 2. The van der Waals surface area contributed by atoms with Crippen molar-refractivity contribution in [2.24, 2.45) is 0 Å². The van der Waals surface area contributed by atoms with E-state index in [-0.39, 0.29) is 12.6 Å². The molecular formula is C15H17F3N4O. The van der Waals surface area contributed by atoms with Crippen molar-refractivity contribution >= 4 is 6.03 Å². The number of benzene rings is 1. The standard InChI is InChI=1S/C15H17F3N4O/c1-11-9-13(15(16,17)18)4-3-12(11)10-20-14(23)19-6-8-22-7-2-5-21-22/h2-5,7,9H,6,8,10H2,1H3,(H2,19,20,23). The minimum atomic E-state index is -4.36. The van der Waals surface area contributed by atoms with Gasteiger partial charge in [-0.25, -0.2) is 4.79 Å². The maximum Gasteiger partial charge on any atom is 0.416 e. The van der Waals surface area contributed by atoms with Crippen molar-refractivity contribution in [3.63, 3.8) is 0 Å². The zero-order chi connectivity index (χ0) is 16.9. The highest BCUT2D eigenvalue weighted by Crippen LogP contribution is 2.30. The van der Waals surface area contributed by atoms with Gasteiger partial charge in [0.25, 0.3) is 0 Å². The summed E-state index contributed by atoms with van der Waals surface area (Å²) in [6.45, 7) is 2.69. The zero-order valence-corrected chi connectivity index (χ0v) is 12.5. The van der Waals surface area contributed by atoms with Crippen LogP contribution in [0.3, 0.4) is 0 Å². The van der Waals surface area contributed by atoms with Gasteiger partial charge in [-0.15, -0.1) is 0 Å². The van der Waals surface area contributed by atoms with Gasteiger partial charge in [0.2, 0.25) is 0 Å². The second-order valence-electron chi connectivity index (χ2n) is 5.02. The van der Waals surface area contributed by atoms with Gasteiger partial charge in [0, 0.05) is 25.5 Å². The summed E-state index contributed by atoms with van der Waals surface area (Å²) >= 11 is 0. The summed E-state index contributed by atoms with van der Waals surface area (Å²) in [6.07, 6.45) is -0.931. The van der Waals surface area contributed by atoms with Crippen LogP contribution in [0.2, 0.25) is 0 Å². The van der Waals surface area contributed by atoms with Crippen molar-refractivity contribution < 1.29 is 18.0 Å². The molecule has 2 aromatic rings. The third-order valence-electron chi connectivity index (χ3n) is 3.29. The number of halogens is 3. The summed E-state index contributed by atoms with van der Waals surface area (Å²) in [4.78, 5) is 11.7. The van der Waals surface area contributed by atoms with E-state index < -0.39 is 11.7 Å². The fourth-order valence-electron chi connectivity index (χ4n) is 2.03. The molecule has 0 aliphatic carbocycles. The Labute approximate surface area is 131 Å². The van der Waals surface area contributed by atoms with Crippen molar-refractivity contribution in [3.05, 3.63) is 53.3 Å². The minimum absolute atomic E-state index is 0.164. The van der Waals surface area contributed by atoms with Crippen LogP contribution in [0.25, 0.3) is 0 Å². The topological polar surface area (TPSA) is 59.0 Å². The number of aryl methyl sites for hydroxylation is 1. The summed E-state index contributed by atoms with van der Waals surface area (Å²) in [5, 5.41) is 9.27. The van der Waals surface area contributed by atoms with Crippen molar-refractivity contribution in [3.8, 4) is 0 Å². The Hall–Kier alpha value is -2.51. The normalized spacial score (nSPS) is 11.3. The Balaban J connectivity index is 1.80. The van der Waals surface area contributed by atoms with Gasteiger partial charge in [0.05, 0.1) is 12.1 Å². The zero-order valence-electron chi connectivity index (χ0n) is 12.5. The first kappa shape index (κ1) is 16.9. The van der Waals surface area contributed by atoms with Crippen molar-refractivity contribution in [1.29, 1.82) is 0 Å². The molecule has 2 amide bonds. The molecule has 5 nitrogen and oxygen atoms in total. The highest BCUT2D eigenvalue weighted by molar-refractivity contribution is 5.73. The first-order chi connectivity index (χ1) is 10.9. The third kappa shape index (κ3) is 5.01. The van der Waals surface area contributed by atoms with Crippen LogP contribution in [0.5, 0.6) is 0 Å². The van der Waals surface area contributed by atoms with Crippen LogP contribution in [-0.2, 0) is 19.3 Å². The number of rotatable bonds is 5. The average Bonchev–Trinajstić information content (AvgIpc) is 2.98. The molecule has 8 heteroatoms. The quantitative estimate of drug-likeness (QED) is 0.887. The number of nitrogens with zero attached hydrogens (tertiary/aromatic N) is 2. The van der Waals surface area contributed by atoms with Gasteiger partial charge in [-0.3, -0.25) is 4.68 Å². The molecule has 0 aliphatic rings. The molecule has 1 aromatic carbocycles. The highest BCUT2D eigenvalue weighted by atomic mass is 19.4. The first-order valence-corrected chi connectivity index (χ1v) is 7.02. The van der Waals surface area contributed by atoms with Crippen LogP contribution in [-0.4, -0.2) is 22.4 Å². The predicted octanol–water partition coefficient (Wildman–Crippen LogP) is 2.71. The van der Waals surface area contributed by atoms with Crippen LogP contribution in [0, 0.1) is 6.92 Å². The molecule has 124 valence electrons. The maximum absolute atomic E-state index is 12.6. The number of urea groups is 1.